The number of phenolic OH excluding ortho intramolecular Hbond substituents is 1. The number of nitrogens with one attached hydrogen (secondary N) is 1. The van der Waals surface area contributed by atoms with E-state index in [0.29, 0.717) is 18.8 Å². The molecule has 3 N–H and O–H groups in total. The van der Waals surface area contributed by atoms with Gasteiger partial charge in [-0.05, 0) is 30.5 Å². The zero-order valence-corrected chi connectivity index (χ0v) is 10.0. The predicted octanol–water partition coefficient (Wildman–Crippen LogP) is 1.29. The Balaban J connectivity index is 2.07. The Bertz CT molecular complexity index is 398. The van der Waals surface area contributed by atoms with Crippen LogP contribution in [0, 0.1) is 0 Å². The van der Waals surface area contributed by atoms with E-state index in [2.05, 4.69) is 5.32 Å². The van der Waals surface area contributed by atoms with E-state index < -0.39 is 12.0 Å². The molecule has 1 atom stereocenters. The highest BCUT2D eigenvalue weighted by Gasteiger charge is 2.24. The minimum atomic E-state index is -0.910. The topological polar surface area (TPSA) is 78.8 Å². The maximum Gasteiger partial charge on any atom is 0.325 e. The van der Waals surface area contributed by atoms with E-state index in [1.54, 1.807) is 12.1 Å². The van der Waals surface area contributed by atoms with Crippen molar-refractivity contribution in [1.82, 2.24) is 5.32 Å². The average molecular weight is 251 g/mol. The maximum atomic E-state index is 11.3. The van der Waals surface area contributed by atoms with Crippen LogP contribution in [0.2, 0.25) is 0 Å². The molecule has 1 saturated heterocycles. The van der Waals surface area contributed by atoms with Gasteiger partial charge in [-0.25, -0.2) is 0 Å². The van der Waals surface area contributed by atoms with E-state index >= 15 is 0 Å². The summed E-state index contributed by atoms with van der Waals surface area (Å²) in [5, 5.41) is 21.6. The summed E-state index contributed by atoms with van der Waals surface area (Å²) in [6, 6.07) is 5.66. The maximum absolute atomic E-state index is 11.3. The summed E-state index contributed by atoms with van der Waals surface area (Å²) >= 11 is 0. The Hall–Kier alpha value is -1.59. The molecule has 2 rings (SSSR count). The molecular formula is C13H17NO4. The number of carboxylic acids is 1. The third kappa shape index (κ3) is 3.21. The van der Waals surface area contributed by atoms with Gasteiger partial charge in [0, 0.05) is 19.3 Å². The molecule has 1 heterocycles. The Morgan fingerprint density at radius 1 is 1.28 bits per heavy atom. The van der Waals surface area contributed by atoms with Gasteiger partial charge in [0.1, 0.15) is 11.8 Å². The van der Waals surface area contributed by atoms with Crippen LogP contribution in [0.4, 0.5) is 0 Å². The minimum absolute atomic E-state index is 0.133. The van der Waals surface area contributed by atoms with Gasteiger partial charge in [0.2, 0.25) is 0 Å². The first-order valence-corrected chi connectivity index (χ1v) is 6.02. The van der Waals surface area contributed by atoms with Crippen molar-refractivity contribution < 1.29 is 19.7 Å². The largest absolute Gasteiger partial charge is 0.508 e. The normalized spacial score (nSPS) is 18.4. The molecule has 1 aliphatic heterocycles. The third-order valence-electron chi connectivity index (χ3n) is 3.10. The lowest BCUT2D eigenvalue weighted by molar-refractivity contribution is -0.140. The molecule has 0 amide bonds. The molecule has 1 aromatic rings. The van der Waals surface area contributed by atoms with E-state index in [1.807, 2.05) is 0 Å². The standard InChI is InChI=1S/C13H17NO4/c15-11-3-1-9(2-4-11)12(13(16)17)14-10-5-7-18-8-6-10/h1-4,10,12,14-15H,5-8H2,(H,16,17)/t12-/m1/s1. The number of ether oxygens (including phenoxy) is 1. The molecule has 0 spiro atoms. The van der Waals surface area contributed by atoms with Gasteiger partial charge in [0.05, 0.1) is 0 Å². The lowest BCUT2D eigenvalue weighted by Crippen LogP contribution is -2.40. The second-order valence-electron chi connectivity index (χ2n) is 4.42. The fourth-order valence-electron chi connectivity index (χ4n) is 2.08. The van der Waals surface area contributed by atoms with Crippen molar-refractivity contribution in [3.05, 3.63) is 29.8 Å². The predicted molar refractivity (Wildman–Crippen MR) is 65.5 cm³/mol. The molecule has 0 aliphatic carbocycles. The van der Waals surface area contributed by atoms with E-state index in [9.17, 15) is 15.0 Å². The second-order valence-corrected chi connectivity index (χ2v) is 4.42. The zero-order chi connectivity index (χ0) is 13.0. The molecule has 5 nitrogen and oxygen atoms in total. The van der Waals surface area contributed by atoms with Gasteiger partial charge < -0.3 is 14.9 Å². The first-order valence-electron chi connectivity index (χ1n) is 6.02. The van der Waals surface area contributed by atoms with E-state index in [1.165, 1.54) is 12.1 Å². The molecular weight excluding hydrogens is 234 g/mol. The van der Waals surface area contributed by atoms with Crippen molar-refractivity contribution in [3.63, 3.8) is 0 Å². The molecule has 0 unspecified atom stereocenters. The lowest BCUT2D eigenvalue weighted by atomic mass is 10.0. The van der Waals surface area contributed by atoms with E-state index in [-0.39, 0.29) is 11.8 Å². The Kier molecular flexibility index (Phi) is 4.17. The molecule has 5 heteroatoms. The van der Waals surface area contributed by atoms with Gasteiger partial charge in [0.15, 0.2) is 0 Å². The highest BCUT2D eigenvalue weighted by atomic mass is 16.5. The molecule has 0 radical (unpaired) electrons. The quantitative estimate of drug-likeness (QED) is 0.751. The van der Waals surface area contributed by atoms with E-state index in [0.717, 1.165) is 12.8 Å². The molecule has 1 aliphatic rings. The van der Waals surface area contributed by atoms with Gasteiger partial charge in [-0.1, -0.05) is 12.1 Å². The van der Waals surface area contributed by atoms with Crippen LogP contribution < -0.4 is 5.32 Å². The van der Waals surface area contributed by atoms with Gasteiger partial charge in [-0.15, -0.1) is 0 Å². The number of rotatable bonds is 4. The van der Waals surface area contributed by atoms with Crippen LogP contribution in [0.1, 0.15) is 24.4 Å². The highest BCUT2D eigenvalue weighted by molar-refractivity contribution is 5.75. The molecule has 0 aromatic heterocycles. The molecule has 98 valence electrons. The number of benzene rings is 1. The monoisotopic (exact) mass is 251 g/mol. The summed E-state index contributed by atoms with van der Waals surface area (Å²) in [6.07, 6.45) is 1.64. The average Bonchev–Trinajstić information content (AvgIpc) is 2.38. The van der Waals surface area contributed by atoms with Gasteiger partial charge in [-0.2, -0.15) is 0 Å². The summed E-state index contributed by atoms with van der Waals surface area (Å²) in [5.74, 6) is -0.777. The van der Waals surface area contributed by atoms with Crippen molar-refractivity contribution in [2.45, 2.75) is 24.9 Å². The van der Waals surface area contributed by atoms with Gasteiger partial charge >= 0.3 is 5.97 Å². The second kappa shape index (κ2) is 5.84. The molecule has 18 heavy (non-hydrogen) atoms. The smallest absolute Gasteiger partial charge is 0.325 e. The fourth-order valence-corrected chi connectivity index (χ4v) is 2.08. The number of aromatic hydroxyl groups is 1. The van der Waals surface area contributed by atoms with Crippen LogP contribution >= 0.6 is 0 Å². The zero-order valence-electron chi connectivity index (χ0n) is 10.0. The number of aliphatic carboxylic acids is 1. The van der Waals surface area contributed by atoms with Crippen molar-refractivity contribution in [1.29, 1.82) is 0 Å². The first-order chi connectivity index (χ1) is 8.66. The molecule has 1 fully saturated rings. The fraction of sp³-hybridized carbons (Fsp3) is 0.462. The lowest BCUT2D eigenvalue weighted by Gasteiger charge is -2.26. The van der Waals surface area contributed by atoms with Crippen molar-refractivity contribution >= 4 is 5.97 Å². The van der Waals surface area contributed by atoms with Crippen LogP contribution in [0.25, 0.3) is 0 Å². The summed E-state index contributed by atoms with van der Waals surface area (Å²) in [4.78, 5) is 11.3. The Labute approximate surface area is 105 Å². The van der Waals surface area contributed by atoms with Crippen LogP contribution in [-0.4, -0.2) is 35.4 Å². The molecule has 1 aromatic carbocycles. The molecule has 0 bridgehead atoms. The van der Waals surface area contributed by atoms with Crippen molar-refractivity contribution in [3.8, 4) is 5.75 Å². The SMILES string of the molecule is O=C(O)[C@H](NC1CCOCC1)c1ccc(O)cc1. The number of carboxylic acid groups (broad SMARTS) is 1. The van der Waals surface area contributed by atoms with Crippen LogP contribution in [0.3, 0.4) is 0 Å². The van der Waals surface area contributed by atoms with Crippen LogP contribution in [-0.2, 0) is 9.53 Å². The van der Waals surface area contributed by atoms with Crippen molar-refractivity contribution in [2.75, 3.05) is 13.2 Å². The summed E-state index contributed by atoms with van der Waals surface area (Å²) in [7, 11) is 0. The van der Waals surface area contributed by atoms with Crippen LogP contribution in [0.15, 0.2) is 24.3 Å². The number of hydrogen-bond donors (Lipinski definition) is 3. The van der Waals surface area contributed by atoms with E-state index in [4.69, 9.17) is 4.74 Å². The van der Waals surface area contributed by atoms with Gasteiger partial charge in [-0.3, -0.25) is 10.1 Å². The Morgan fingerprint density at radius 3 is 2.44 bits per heavy atom. The summed E-state index contributed by atoms with van der Waals surface area (Å²) in [6.45, 7) is 1.33. The summed E-state index contributed by atoms with van der Waals surface area (Å²) in [5.41, 5.74) is 0.645. The molecule has 0 saturated carbocycles. The highest BCUT2D eigenvalue weighted by Crippen LogP contribution is 2.19. The van der Waals surface area contributed by atoms with Crippen molar-refractivity contribution in [2.24, 2.45) is 0 Å². The Morgan fingerprint density at radius 2 is 1.89 bits per heavy atom. The van der Waals surface area contributed by atoms with Crippen LogP contribution in [0.5, 0.6) is 5.75 Å². The van der Waals surface area contributed by atoms with Gasteiger partial charge in [0.25, 0.3) is 0 Å². The number of hydrogen-bond acceptors (Lipinski definition) is 4. The third-order valence-corrected chi connectivity index (χ3v) is 3.10. The first kappa shape index (κ1) is 12.9. The number of carbonyl (C=O) groups is 1. The number of phenols is 1. The summed E-state index contributed by atoms with van der Waals surface area (Å²) < 4.78 is 5.24. The minimum Gasteiger partial charge on any atom is -0.508 e.